The van der Waals surface area contributed by atoms with E-state index in [0.29, 0.717) is 11.1 Å². The molecule has 0 saturated carbocycles. The molecule has 104 valence electrons. The Labute approximate surface area is 116 Å². The molecule has 0 unspecified atom stereocenters. The molecule has 2 amide bonds. The quantitative estimate of drug-likeness (QED) is 0.527. The van der Waals surface area contributed by atoms with Gasteiger partial charge < -0.3 is 22.9 Å². The smallest absolute Gasteiger partial charge is 0.248 e. The van der Waals surface area contributed by atoms with E-state index >= 15 is 0 Å². The second-order valence-electron chi connectivity index (χ2n) is 3.98. The summed E-state index contributed by atoms with van der Waals surface area (Å²) in [6, 6.07) is 14.0. The summed E-state index contributed by atoms with van der Waals surface area (Å²) in [7, 11) is 0. The molecule has 0 aliphatic carbocycles. The summed E-state index contributed by atoms with van der Waals surface area (Å²) in [6.45, 7) is 0. The number of hydrogen-bond acceptors (Lipinski definition) is 4. The van der Waals surface area contributed by atoms with Crippen LogP contribution in [0, 0.1) is 0 Å². The molecular weight excluding hydrogens is 256 g/mol. The minimum Gasteiger partial charge on any atom is -0.366 e. The summed E-state index contributed by atoms with van der Waals surface area (Å²) in [6.07, 6.45) is 0. The predicted molar refractivity (Wildman–Crippen MR) is 78.2 cm³/mol. The SMILES string of the molecule is N.NC(=O)c1ccc(C(N)=O)cc1.c1ccc2c(c1)N2. The predicted octanol–water partition coefficient (Wildman–Crippen LogP) is 1.79. The Bertz CT molecular complexity index is 569. The molecule has 0 radical (unpaired) electrons. The number of para-hydroxylation sites is 2. The summed E-state index contributed by atoms with van der Waals surface area (Å²) in [5, 5.41) is 3.09. The van der Waals surface area contributed by atoms with Crippen LogP contribution in [0.4, 0.5) is 11.4 Å². The number of nitrogens with two attached hydrogens (primary N) is 2. The summed E-state index contributed by atoms with van der Waals surface area (Å²) in [4.78, 5) is 21.2. The molecule has 3 rings (SSSR count). The highest BCUT2D eigenvalue weighted by Crippen LogP contribution is 2.36. The molecule has 6 nitrogen and oxygen atoms in total. The van der Waals surface area contributed by atoms with Crippen LogP contribution in [0.5, 0.6) is 0 Å². The first-order valence-electron chi connectivity index (χ1n) is 5.63. The van der Waals surface area contributed by atoms with Gasteiger partial charge in [0.05, 0.1) is 11.4 Å². The van der Waals surface area contributed by atoms with Crippen molar-refractivity contribution in [1.82, 2.24) is 6.15 Å². The minimum atomic E-state index is -0.522. The zero-order chi connectivity index (χ0) is 13.8. The van der Waals surface area contributed by atoms with Gasteiger partial charge in [0.2, 0.25) is 11.8 Å². The van der Waals surface area contributed by atoms with Crippen molar-refractivity contribution < 1.29 is 9.59 Å². The molecule has 8 N–H and O–H groups in total. The van der Waals surface area contributed by atoms with E-state index in [-0.39, 0.29) is 6.15 Å². The first-order valence-corrected chi connectivity index (χ1v) is 5.63. The van der Waals surface area contributed by atoms with E-state index < -0.39 is 11.8 Å². The van der Waals surface area contributed by atoms with E-state index in [1.165, 1.54) is 35.6 Å². The van der Waals surface area contributed by atoms with Gasteiger partial charge >= 0.3 is 0 Å². The lowest BCUT2D eigenvalue weighted by atomic mass is 10.1. The Morgan fingerprint density at radius 3 is 1.35 bits per heavy atom. The van der Waals surface area contributed by atoms with E-state index in [4.69, 9.17) is 11.5 Å². The van der Waals surface area contributed by atoms with Gasteiger partial charge in [-0.1, -0.05) is 12.1 Å². The zero-order valence-electron chi connectivity index (χ0n) is 10.8. The second kappa shape index (κ2) is 6.35. The first-order chi connectivity index (χ1) is 9.08. The van der Waals surface area contributed by atoms with Crippen LogP contribution in [0.2, 0.25) is 0 Å². The van der Waals surface area contributed by atoms with Crippen LogP contribution in [-0.2, 0) is 0 Å². The Morgan fingerprint density at radius 2 is 1.10 bits per heavy atom. The van der Waals surface area contributed by atoms with Crippen molar-refractivity contribution in [1.29, 1.82) is 0 Å². The molecule has 0 spiro atoms. The number of anilines is 2. The van der Waals surface area contributed by atoms with Gasteiger partial charge in [0.15, 0.2) is 0 Å². The summed E-state index contributed by atoms with van der Waals surface area (Å²) in [5.74, 6) is -1.04. The average molecular weight is 272 g/mol. The van der Waals surface area contributed by atoms with Crippen molar-refractivity contribution in [2.45, 2.75) is 0 Å². The number of rotatable bonds is 2. The Hall–Kier alpha value is -2.86. The van der Waals surface area contributed by atoms with Gasteiger partial charge in [-0.15, -0.1) is 0 Å². The van der Waals surface area contributed by atoms with Crippen LogP contribution in [0.3, 0.4) is 0 Å². The Morgan fingerprint density at radius 1 is 0.750 bits per heavy atom. The van der Waals surface area contributed by atoms with Crippen LogP contribution < -0.4 is 22.9 Å². The van der Waals surface area contributed by atoms with Crippen LogP contribution >= 0.6 is 0 Å². The van der Waals surface area contributed by atoms with Crippen LogP contribution in [0.25, 0.3) is 0 Å². The van der Waals surface area contributed by atoms with Gasteiger partial charge in [-0.2, -0.15) is 0 Å². The standard InChI is InChI=1S/C8H8N2O2.C6H5N.H3N/c9-7(11)5-1-2-6(4-3-5)8(10)12;1-2-4-6-5(3-1)7-6;/h1-4H,(H2,9,11)(H2,10,12);1-4,7H;1H3. The van der Waals surface area contributed by atoms with Crippen LogP contribution in [0.15, 0.2) is 48.5 Å². The number of carbonyl (C=O) groups excluding carboxylic acids is 2. The summed E-state index contributed by atoms with van der Waals surface area (Å²) >= 11 is 0. The zero-order valence-corrected chi connectivity index (χ0v) is 10.8. The van der Waals surface area contributed by atoms with Crippen molar-refractivity contribution in [2.24, 2.45) is 11.5 Å². The number of primary amides is 2. The van der Waals surface area contributed by atoms with E-state index in [1.807, 2.05) is 12.1 Å². The van der Waals surface area contributed by atoms with E-state index in [9.17, 15) is 9.59 Å². The van der Waals surface area contributed by atoms with Crippen LogP contribution in [0.1, 0.15) is 20.7 Å². The van der Waals surface area contributed by atoms with Crippen LogP contribution in [-0.4, -0.2) is 11.8 Å². The maximum atomic E-state index is 10.6. The number of fused-ring (bicyclic) bond motifs is 1. The van der Waals surface area contributed by atoms with Gasteiger partial charge in [-0.3, -0.25) is 9.59 Å². The van der Waals surface area contributed by atoms with Crippen molar-refractivity contribution in [2.75, 3.05) is 5.32 Å². The summed E-state index contributed by atoms with van der Waals surface area (Å²) < 4.78 is 0. The van der Waals surface area contributed by atoms with Crippen molar-refractivity contribution in [3.8, 4) is 0 Å². The third kappa shape index (κ3) is 3.82. The topological polar surface area (TPSA) is 143 Å². The fourth-order valence-corrected chi connectivity index (χ4v) is 1.48. The molecular formula is C14H16N4O2. The molecule has 2 aromatic carbocycles. The second-order valence-corrected chi connectivity index (χ2v) is 3.98. The van der Waals surface area contributed by atoms with Gasteiger partial charge in [0, 0.05) is 11.1 Å². The molecule has 0 atom stereocenters. The molecule has 2 aromatic rings. The first kappa shape index (κ1) is 15.2. The third-order valence-electron chi connectivity index (χ3n) is 2.59. The molecule has 1 aliphatic rings. The maximum absolute atomic E-state index is 10.6. The van der Waals surface area contributed by atoms with Gasteiger partial charge in [0.1, 0.15) is 0 Å². The number of amides is 2. The average Bonchev–Trinajstić information content (AvgIpc) is 3.18. The number of carbonyl (C=O) groups is 2. The molecule has 1 heterocycles. The lowest BCUT2D eigenvalue weighted by Crippen LogP contribution is -2.13. The third-order valence-corrected chi connectivity index (χ3v) is 2.59. The maximum Gasteiger partial charge on any atom is 0.248 e. The Balaban J connectivity index is 0.000000212. The minimum absolute atomic E-state index is 0. The van der Waals surface area contributed by atoms with Crippen molar-refractivity contribution >= 4 is 23.2 Å². The fourth-order valence-electron chi connectivity index (χ4n) is 1.48. The molecule has 1 aliphatic heterocycles. The van der Waals surface area contributed by atoms with Crippen molar-refractivity contribution in [3.63, 3.8) is 0 Å². The largest absolute Gasteiger partial charge is 0.366 e. The molecule has 0 fully saturated rings. The Kier molecular flexibility index (Phi) is 4.82. The fraction of sp³-hybridized carbons (Fsp3) is 0. The molecule has 0 bridgehead atoms. The monoisotopic (exact) mass is 272 g/mol. The highest BCUT2D eigenvalue weighted by Gasteiger charge is 2.10. The normalized spacial score (nSPS) is 9.80. The number of nitrogens with one attached hydrogen (secondary N) is 1. The molecule has 0 saturated heterocycles. The molecule has 6 heteroatoms. The lowest BCUT2D eigenvalue weighted by Gasteiger charge is -1.96. The highest BCUT2D eigenvalue weighted by atomic mass is 16.1. The van der Waals surface area contributed by atoms with Gasteiger partial charge in [-0.05, 0) is 36.4 Å². The van der Waals surface area contributed by atoms with Gasteiger partial charge in [0.25, 0.3) is 0 Å². The molecule has 20 heavy (non-hydrogen) atoms. The highest BCUT2D eigenvalue weighted by molar-refractivity contribution is 5.96. The number of hydrogen-bond donors (Lipinski definition) is 4. The van der Waals surface area contributed by atoms with E-state index in [0.717, 1.165) is 0 Å². The van der Waals surface area contributed by atoms with Crippen molar-refractivity contribution in [3.05, 3.63) is 59.7 Å². The van der Waals surface area contributed by atoms with E-state index in [1.54, 1.807) is 0 Å². The molecule has 0 aromatic heterocycles. The van der Waals surface area contributed by atoms with E-state index in [2.05, 4.69) is 17.4 Å². The van der Waals surface area contributed by atoms with Gasteiger partial charge in [-0.25, -0.2) is 0 Å². The summed E-state index contributed by atoms with van der Waals surface area (Å²) in [5.41, 5.74) is 13.3. The lowest BCUT2D eigenvalue weighted by molar-refractivity contribution is 0.0988. The number of benzene rings is 2.